The number of nitrogens with one attached hydrogen (secondary N) is 3. The number of rotatable bonds is 48. The van der Waals surface area contributed by atoms with Crippen LogP contribution in [0.2, 0.25) is 0 Å². The summed E-state index contributed by atoms with van der Waals surface area (Å²) < 4.78 is 22.6. The summed E-state index contributed by atoms with van der Waals surface area (Å²) in [5.74, 6) is -0.307. The summed E-state index contributed by atoms with van der Waals surface area (Å²) in [5, 5.41) is 8.74. The standard InChI is InChI=1S/C70H130N6O9/c1-15-17-19-21-23-25-27-29-31-33-35-37-39-41-43-45-55-74(56-46-44-42-40-38-36-34-32-30-28-26-24-22-20-18-16-2)57-48-52-71-62(77)61(76(66(81)85-70(12,13)14)60-50-54-73-64(79)83-68(6,7)8)51-47-58-75(65(80)84-69(9,10)11)59-49-53-72-63(78)82-67(3,4)5/h23-26,29-32,61H,15-22,27-28,33-60H2,1-14H3,(H,71,77)(H,72,78)(H,73,79)/b25-23+,26-24+,31-29+,32-30+. The van der Waals surface area contributed by atoms with E-state index < -0.39 is 52.8 Å². The van der Waals surface area contributed by atoms with Gasteiger partial charge in [-0.05, 0) is 212 Å². The van der Waals surface area contributed by atoms with Crippen LogP contribution in [0.4, 0.5) is 19.2 Å². The monoisotopic (exact) mass is 1200 g/mol. The number of carbonyl (C=O) groups is 5. The molecule has 0 fully saturated rings. The maximum absolute atomic E-state index is 14.6. The molecule has 15 heteroatoms. The van der Waals surface area contributed by atoms with Crippen molar-refractivity contribution in [2.75, 3.05) is 58.9 Å². The van der Waals surface area contributed by atoms with Gasteiger partial charge in [-0.1, -0.05) is 140 Å². The first-order valence-electron chi connectivity index (χ1n) is 33.8. The molecule has 0 heterocycles. The van der Waals surface area contributed by atoms with E-state index in [0.717, 1.165) is 64.6 Å². The van der Waals surface area contributed by atoms with Crippen LogP contribution in [-0.2, 0) is 23.7 Å². The van der Waals surface area contributed by atoms with Gasteiger partial charge in [-0.15, -0.1) is 0 Å². The Morgan fingerprint density at radius 3 is 1.13 bits per heavy atom. The van der Waals surface area contributed by atoms with E-state index in [4.69, 9.17) is 18.9 Å². The molecule has 1 unspecified atom stereocenters. The molecule has 85 heavy (non-hydrogen) atoms. The quantitative estimate of drug-likeness (QED) is 0.0303. The van der Waals surface area contributed by atoms with Gasteiger partial charge in [-0.2, -0.15) is 0 Å². The summed E-state index contributed by atoms with van der Waals surface area (Å²) in [6.07, 6.45) is 47.6. The Hall–Kier alpha value is -4.53. The number of allylic oxidation sites excluding steroid dienone is 8. The van der Waals surface area contributed by atoms with Crippen LogP contribution < -0.4 is 16.0 Å². The zero-order valence-corrected chi connectivity index (χ0v) is 57.1. The van der Waals surface area contributed by atoms with E-state index in [2.05, 4.69) is 83.3 Å². The number of amides is 5. The number of carbonyl (C=O) groups excluding carboxylic acids is 5. The Bertz CT molecular complexity index is 1790. The Morgan fingerprint density at radius 2 is 0.706 bits per heavy atom. The minimum atomic E-state index is -0.946. The van der Waals surface area contributed by atoms with Gasteiger partial charge in [-0.25, -0.2) is 19.2 Å². The topological polar surface area (TPSA) is 168 Å². The summed E-state index contributed by atoms with van der Waals surface area (Å²) in [4.78, 5) is 73.0. The predicted molar refractivity (Wildman–Crippen MR) is 354 cm³/mol. The second kappa shape index (κ2) is 49.5. The highest BCUT2D eigenvalue weighted by molar-refractivity contribution is 5.85. The number of ether oxygens (including phenoxy) is 4. The van der Waals surface area contributed by atoms with E-state index in [1.807, 2.05) is 0 Å². The third-order valence-corrected chi connectivity index (χ3v) is 13.7. The van der Waals surface area contributed by atoms with E-state index in [9.17, 15) is 24.0 Å². The molecule has 0 aromatic heterocycles. The molecule has 0 aromatic carbocycles. The molecule has 0 aliphatic rings. The smallest absolute Gasteiger partial charge is 0.410 e. The molecule has 0 bridgehead atoms. The van der Waals surface area contributed by atoms with Gasteiger partial charge in [0, 0.05) is 39.3 Å². The first-order chi connectivity index (χ1) is 40.3. The SMILES string of the molecule is CCCCC/C=C/C/C=C/CCCCCCCCN(CCCCCCCC/C=C/C/C=C/CCCCC)CCCNC(=O)C(CCCN(CCCNC(=O)OC(C)(C)C)C(=O)OC(C)(C)C)N(CCCNC(=O)OC(C)(C)C)C(=O)OC(C)(C)C. The Kier molecular flexibility index (Phi) is 46.8. The fraction of sp³-hybridized carbons (Fsp3) is 0.814. The molecule has 0 radical (unpaired) electrons. The lowest BCUT2D eigenvalue weighted by Gasteiger charge is -2.34. The van der Waals surface area contributed by atoms with Crippen LogP contribution in [-0.4, -0.2) is 132 Å². The highest BCUT2D eigenvalue weighted by Crippen LogP contribution is 2.19. The average Bonchev–Trinajstić information content (AvgIpc) is 3.45. The van der Waals surface area contributed by atoms with Crippen LogP contribution in [0.15, 0.2) is 48.6 Å². The van der Waals surface area contributed by atoms with Crippen molar-refractivity contribution in [3.63, 3.8) is 0 Å². The van der Waals surface area contributed by atoms with Crippen molar-refractivity contribution in [3.8, 4) is 0 Å². The van der Waals surface area contributed by atoms with E-state index in [-0.39, 0.29) is 45.1 Å². The second-order valence-corrected chi connectivity index (χ2v) is 27.0. The predicted octanol–water partition coefficient (Wildman–Crippen LogP) is 17.9. The van der Waals surface area contributed by atoms with Gasteiger partial charge in [0.05, 0.1) is 0 Å². The number of hydrogen-bond donors (Lipinski definition) is 3. The summed E-state index contributed by atoms with van der Waals surface area (Å²) in [7, 11) is 0. The zero-order chi connectivity index (χ0) is 63.7. The lowest BCUT2D eigenvalue weighted by atomic mass is 10.1. The molecule has 0 rings (SSSR count). The molecule has 0 aliphatic carbocycles. The zero-order valence-electron chi connectivity index (χ0n) is 57.1. The molecule has 0 spiro atoms. The van der Waals surface area contributed by atoms with Gasteiger partial charge in [0.1, 0.15) is 28.4 Å². The van der Waals surface area contributed by atoms with Gasteiger partial charge < -0.3 is 44.7 Å². The fourth-order valence-corrected chi connectivity index (χ4v) is 9.36. The van der Waals surface area contributed by atoms with Gasteiger partial charge >= 0.3 is 24.4 Å². The van der Waals surface area contributed by atoms with E-state index in [1.165, 1.54) is 120 Å². The van der Waals surface area contributed by atoms with Gasteiger partial charge in [0.15, 0.2) is 0 Å². The third-order valence-electron chi connectivity index (χ3n) is 13.7. The van der Waals surface area contributed by atoms with Crippen LogP contribution in [0, 0.1) is 0 Å². The lowest BCUT2D eigenvalue weighted by Crippen LogP contribution is -2.52. The first-order valence-corrected chi connectivity index (χ1v) is 33.8. The van der Waals surface area contributed by atoms with Gasteiger partial charge in [0.2, 0.25) is 5.91 Å². The average molecular weight is 1200 g/mol. The van der Waals surface area contributed by atoms with Crippen molar-refractivity contribution in [3.05, 3.63) is 48.6 Å². The number of unbranched alkanes of at least 4 members (excludes halogenated alkanes) is 18. The highest BCUT2D eigenvalue weighted by Gasteiger charge is 2.33. The van der Waals surface area contributed by atoms with Crippen molar-refractivity contribution in [2.45, 2.75) is 312 Å². The van der Waals surface area contributed by atoms with Crippen molar-refractivity contribution in [1.82, 2.24) is 30.7 Å². The van der Waals surface area contributed by atoms with Crippen LogP contribution in [0.3, 0.4) is 0 Å². The van der Waals surface area contributed by atoms with Crippen LogP contribution in [0.5, 0.6) is 0 Å². The van der Waals surface area contributed by atoms with Crippen LogP contribution in [0.1, 0.15) is 283 Å². The molecule has 5 amide bonds. The van der Waals surface area contributed by atoms with Gasteiger partial charge in [-0.3, -0.25) is 9.69 Å². The largest absolute Gasteiger partial charge is 0.444 e. The number of hydrogen-bond acceptors (Lipinski definition) is 10. The number of alkyl carbamates (subject to hydrolysis) is 2. The molecule has 0 saturated carbocycles. The Labute approximate surface area is 520 Å². The van der Waals surface area contributed by atoms with Crippen molar-refractivity contribution >= 4 is 30.3 Å². The molecule has 0 saturated heterocycles. The maximum atomic E-state index is 14.6. The highest BCUT2D eigenvalue weighted by atomic mass is 16.6. The van der Waals surface area contributed by atoms with Crippen molar-refractivity contribution in [2.24, 2.45) is 0 Å². The Balaban J connectivity index is 6.09. The normalized spacial score (nSPS) is 12.8. The summed E-state index contributed by atoms with van der Waals surface area (Å²) >= 11 is 0. The molecule has 1 atom stereocenters. The molecule has 0 aliphatic heterocycles. The van der Waals surface area contributed by atoms with E-state index in [1.54, 1.807) is 88.0 Å². The summed E-state index contributed by atoms with van der Waals surface area (Å²) in [6, 6.07) is -0.946. The van der Waals surface area contributed by atoms with Crippen molar-refractivity contribution in [1.29, 1.82) is 0 Å². The van der Waals surface area contributed by atoms with E-state index in [0.29, 0.717) is 25.8 Å². The minimum Gasteiger partial charge on any atom is -0.444 e. The fourth-order valence-electron chi connectivity index (χ4n) is 9.36. The van der Waals surface area contributed by atoms with E-state index >= 15 is 0 Å². The maximum Gasteiger partial charge on any atom is 0.410 e. The molecular formula is C70H130N6O9. The molecule has 3 N–H and O–H groups in total. The molecule has 15 nitrogen and oxygen atoms in total. The molecule has 494 valence electrons. The Morgan fingerprint density at radius 1 is 0.365 bits per heavy atom. The second-order valence-electron chi connectivity index (χ2n) is 27.0. The van der Waals surface area contributed by atoms with Crippen LogP contribution >= 0.6 is 0 Å². The minimum absolute atomic E-state index is 0.116. The van der Waals surface area contributed by atoms with Crippen LogP contribution in [0.25, 0.3) is 0 Å². The van der Waals surface area contributed by atoms with Gasteiger partial charge in [0.25, 0.3) is 0 Å². The third kappa shape index (κ3) is 53.4. The first kappa shape index (κ1) is 80.5. The molecular weight excluding hydrogens is 1070 g/mol. The summed E-state index contributed by atoms with van der Waals surface area (Å²) in [5.41, 5.74) is -2.93. The summed E-state index contributed by atoms with van der Waals surface area (Å²) in [6.45, 7) is 30.5. The molecule has 0 aromatic rings. The van der Waals surface area contributed by atoms with Crippen molar-refractivity contribution < 1.29 is 42.9 Å². The lowest BCUT2D eigenvalue weighted by molar-refractivity contribution is -0.126. The number of nitrogens with zero attached hydrogens (tertiary/aromatic N) is 3.